The van der Waals surface area contributed by atoms with Crippen molar-refractivity contribution in [1.82, 2.24) is 0 Å². The largest absolute Gasteiger partial charge is 0.457 e. The van der Waals surface area contributed by atoms with Crippen molar-refractivity contribution in [3.8, 4) is 0 Å². The number of nitrogens with zero attached hydrogens (tertiary/aromatic N) is 2. The van der Waals surface area contributed by atoms with Gasteiger partial charge in [0.05, 0.1) is 28.2 Å². The van der Waals surface area contributed by atoms with Gasteiger partial charge in [-0.05, 0) is 13.8 Å². The Morgan fingerprint density at radius 1 is 0.633 bits per heavy atom. The third kappa shape index (κ3) is 13.1. The fourth-order valence-electron chi connectivity index (χ4n) is 2.38. The van der Waals surface area contributed by atoms with Crippen LogP contribution in [0.5, 0.6) is 0 Å². The molecule has 0 fully saturated rings. The van der Waals surface area contributed by atoms with Gasteiger partial charge in [-0.1, -0.05) is 0 Å². The molecule has 0 rings (SSSR count). The predicted octanol–water partition coefficient (Wildman–Crippen LogP) is 0.129. The lowest BCUT2D eigenvalue weighted by atomic mass is 10.3. The fourth-order valence-corrected chi connectivity index (χ4v) is 2.38. The number of carbonyl (C=O) groups excluding carboxylic acids is 4. The summed E-state index contributed by atoms with van der Waals surface area (Å²) in [6.07, 6.45) is -1.83. The average Bonchev–Trinajstić information content (AvgIpc) is 2.58. The average molecular weight is 435 g/mol. The smallest absolute Gasteiger partial charge is 0.347 e. The van der Waals surface area contributed by atoms with Crippen LogP contribution in [0, 0.1) is 0 Å². The van der Waals surface area contributed by atoms with E-state index in [0.29, 0.717) is 22.1 Å². The van der Waals surface area contributed by atoms with E-state index >= 15 is 0 Å². The van der Waals surface area contributed by atoms with Crippen molar-refractivity contribution in [1.29, 1.82) is 0 Å². The van der Waals surface area contributed by atoms with E-state index in [1.807, 2.05) is 28.2 Å². The van der Waals surface area contributed by atoms with Gasteiger partial charge in [0.25, 0.3) is 0 Å². The highest BCUT2D eigenvalue weighted by Crippen LogP contribution is 2.05. The summed E-state index contributed by atoms with van der Waals surface area (Å²) in [7, 11) is 8.13. The van der Waals surface area contributed by atoms with Crippen molar-refractivity contribution in [3.63, 3.8) is 0 Å². The number of hydrogen-bond donors (Lipinski definition) is 0. The molecule has 0 aliphatic heterocycles. The van der Waals surface area contributed by atoms with Gasteiger partial charge in [-0.15, -0.1) is 0 Å². The molecule has 0 aliphatic rings. The third-order valence-corrected chi connectivity index (χ3v) is 4.54. The highest BCUT2D eigenvalue weighted by atomic mass is 16.6. The molecular weight excluding hydrogens is 396 g/mol. The first-order valence-corrected chi connectivity index (χ1v) is 9.97. The van der Waals surface area contributed by atoms with Crippen LogP contribution in [0.4, 0.5) is 0 Å². The second-order valence-electron chi connectivity index (χ2n) is 8.60. The van der Waals surface area contributed by atoms with Crippen molar-refractivity contribution in [2.45, 2.75) is 39.9 Å². The summed E-state index contributed by atoms with van der Waals surface area (Å²) in [6, 6.07) is 0. The number of rotatable bonds is 13. The fraction of sp³-hybridized carbons (Fsp3) is 0.800. The first kappa shape index (κ1) is 27.8. The SMILES string of the molecule is CC(=O)O[C@@H](C)C(=O)OCC[N+](C)(C)CC[N+](C)(C)CCOC(=O)[C@@H](C)OC(C)=O. The number of esters is 4. The van der Waals surface area contributed by atoms with Crippen LogP contribution in [0.15, 0.2) is 0 Å². The molecule has 0 spiro atoms. The van der Waals surface area contributed by atoms with E-state index in [1.165, 1.54) is 27.7 Å². The van der Waals surface area contributed by atoms with Gasteiger partial charge in [0.15, 0.2) is 12.2 Å². The standard InChI is InChI=1S/C20H38N2O8/c1-15(29-17(3)23)19(25)27-13-11-21(5,6)9-10-22(7,8)12-14-28-20(26)16(2)30-18(4)24/h15-16H,9-14H2,1-8H3/q+2/t15-,16+. The van der Waals surface area contributed by atoms with E-state index in [-0.39, 0.29) is 13.2 Å². The second kappa shape index (κ2) is 12.5. The Kier molecular flexibility index (Phi) is 11.6. The minimum absolute atomic E-state index is 0.219. The summed E-state index contributed by atoms with van der Waals surface area (Å²) in [4.78, 5) is 45.3. The molecule has 174 valence electrons. The van der Waals surface area contributed by atoms with E-state index in [1.54, 1.807) is 0 Å². The molecule has 0 amide bonds. The lowest BCUT2D eigenvalue weighted by Crippen LogP contribution is -2.53. The highest BCUT2D eigenvalue weighted by molar-refractivity contribution is 5.78. The van der Waals surface area contributed by atoms with Crippen molar-refractivity contribution >= 4 is 23.9 Å². The maximum absolute atomic E-state index is 11.8. The molecule has 2 atom stereocenters. The van der Waals surface area contributed by atoms with Gasteiger partial charge in [0, 0.05) is 13.8 Å². The van der Waals surface area contributed by atoms with Crippen molar-refractivity contribution in [2.75, 3.05) is 67.6 Å². The lowest BCUT2D eigenvalue weighted by Gasteiger charge is -2.35. The van der Waals surface area contributed by atoms with Gasteiger partial charge < -0.3 is 27.9 Å². The Bertz CT molecular complexity index is 552. The van der Waals surface area contributed by atoms with Crippen LogP contribution in [0.25, 0.3) is 0 Å². The van der Waals surface area contributed by atoms with E-state index < -0.39 is 36.1 Å². The quantitative estimate of drug-likeness (QED) is 0.229. The summed E-state index contributed by atoms with van der Waals surface area (Å²) in [6.45, 7) is 8.70. The zero-order valence-corrected chi connectivity index (χ0v) is 19.6. The zero-order chi connectivity index (χ0) is 23.5. The van der Waals surface area contributed by atoms with Gasteiger partial charge >= 0.3 is 23.9 Å². The topological polar surface area (TPSA) is 105 Å². The van der Waals surface area contributed by atoms with Gasteiger partial charge in [-0.25, -0.2) is 9.59 Å². The molecule has 0 radical (unpaired) electrons. The Morgan fingerprint density at radius 3 is 1.20 bits per heavy atom. The molecule has 0 heterocycles. The minimum Gasteiger partial charge on any atom is -0.457 e. The highest BCUT2D eigenvalue weighted by Gasteiger charge is 2.25. The van der Waals surface area contributed by atoms with Crippen LogP contribution in [0.2, 0.25) is 0 Å². The molecule has 0 saturated heterocycles. The van der Waals surface area contributed by atoms with Crippen LogP contribution in [0.1, 0.15) is 27.7 Å². The van der Waals surface area contributed by atoms with E-state index in [9.17, 15) is 19.2 Å². The molecule has 10 heteroatoms. The second-order valence-corrected chi connectivity index (χ2v) is 8.60. The lowest BCUT2D eigenvalue weighted by molar-refractivity contribution is -0.945. The summed E-state index contributed by atoms with van der Waals surface area (Å²) in [5, 5.41) is 0. The zero-order valence-electron chi connectivity index (χ0n) is 19.6. The molecule has 0 bridgehead atoms. The molecule has 0 aromatic heterocycles. The molecular formula is C20H38N2O8+2. The van der Waals surface area contributed by atoms with E-state index in [4.69, 9.17) is 18.9 Å². The normalized spacial score (nSPS) is 13.7. The van der Waals surface area contributed by atoms with Gasteiger partial charge in [0.2, 0.25) is 0 Å². The molecule has 0 aromatic rings. The van der Waals surface area contributed by atoms with Crippen LogP contribution in [0.3, 0.4) is 0 Å². The molecule has 0 aliphatic carbocycles. The maximum atomic E-state index is 11.8. The molecule has 0 N–H and O–H groups in total. The monoisotopic (exact) mass is 434 g/mol. The predicted molar refractivity (Wildman–Crippen MR) is 108 cm³/mol. The van der Waals surface area contributed by atoms with Crippen molar-refractivity contribution < 1.29 is 47.1 Å². The molecule has 0 aromatic carbocycles. The summed E-state index contributed by atoms with van der Waals surface area (Å²) in [5.41, 5.74) is 0. The van der Waals surface area contributed by atoms with E-state index in [2.05, 4.69) is 0 Å². The summed E-state index contributed by atoms with van der Waals surface area (Å²) < 4.78 is 21.2. The van der Waals surface area contributed by atoms with Crippen molar-refractivity contribution in [2.24, 2.45) is 0 Å². The first-order valence-electron chi connectivity index (χ1n) is 9.97. The maximum Gasteiger partial charge on any atom is 0.347 e. The summed E-state index contributed by atoms with van der Waals surface area (Å²) in [5.74, 6) is -2.18. The number of ether oxygens (including phenoxy) is 4. The van der Waals surface area contributed by atoms with E-state index in [0.717, 1.165) is 13.1 Å². The minimum atomic E-state index is -0.917. The molecule has 10 nitrogen and oxygen atoms in total. The molecule has 0 saturated carbocycles. The number of hydrogen-bond acceptors (Lipinski definition) is 8. The van der Waals surface area contributed by atoms with Crippen LogP contribution in [-0.2, 0) is 38.1 Å². The van der Waals surface area contributed by atoms with Gasteiger partial charge in [0.1, 0.15) is 39.4 Å². The van der Waals surface area contributed by atoms with Gasteiger partial charge in [-0.3, -0.25) is 9.59 Å². The first-order chi connectivity index (χ1) is 13.6. The Morgan fingerprint density at radius 2 is 0.933 bits per heavy atom. The molecule has 30 heavy (non-hydrogen) atoms. The van der Waals surface area contributed by atoms with Crippen LogP contribution >= 0.6 is 0 Å². The number of quaternary nitrogens is 2. The summed E-state index contributed by atoms with van der Waals surface area (Å²) >= 11 is 0. The number of likely N-dealkylation sites (N-methyl/N-ethyl adjacent to an activating group) is 2. The molecule has 0 unspecified atom stereocenters. The Labute approximate surface area is 179 Å². The van der Waals surface area contributed by atoms with Crippen molar-refractivity contribution in [3.05, 3.63) is 0 Å². The van der Waals surface area contributed by atoms with Gasteiger partial charge in [-0.2, -0.15) is 0 Å². The number of carbonyl (C=O) groups is 4. The van der Waals surface area contributed by atoms with Crippen LogP contribution in [-0.4, -0.2) is 113 Å². The Balaban J connectivity index is 4.27. The third-order valence-electron chi connectivity index (χ3n) is 4.54. The van der Waals surface area contributed by atoms with Crippen LogP contribution < -0.4 is 0 Å². The Hall–Kier alpha value is -2.20.